The van der Waals surface area contributed by atoms with Crippen LogP contribution >= 0.6 is 0 Å². The third-order valence-corrected chi connectivity index (χ3v) is 3.02. The minimum absolute atomic E-state index is 0.127. The standard InChI is InChI=1S/C14H21N3O3/c1-9-11(10(2)17(5)16-9)6-7-12(18)15-14(3,4)8-13(19)20/h6-7H,8H2,1-5H3,(H,15,18)(H,19,20). The van der Waals surface area contributed by atoms with E-state index in [9.17, 15) is 9.59 Å². The number of hydrogen-bond acceptors (Lipinski definition) is 3. The molecule has 6 heteroatoms. The van der Waals surface area contributed by atoms with Gasteiger partial charge in [0.2, 0.25) is 5.91 Å². The van der Waals surface area contributed by atoms with Gasteiger partial charge in [-0.3, -0.25) is 14.3 Å². The number of rotatable bonds is 5. The molecule has 0 radical (unpaired) electrons. The summed E-state index contributed by atoms with van der Waals surface area (Å²) in [5, 5.41) is 15.7. The number of aliphatic carboxylic acids is 1. The number of hydrogen-bond donors (Lipinski definition) is 2. The number of aryl methyl sites for hydroxylation is 2. The van der Waals surface area contributed by atoms with E-state index in [1.54, 1.807) is 24.6 Å². The van der Waals surface area contributed by atoms with Gasteiger partial charge in [-0.05, 0) is 33.8 Å². The zero-order valence-electron chi connectivity index (χ0n) is 12.5. The van der Waals surface area contributed by atoms with Crippen LogP contribution < -0.4 is 5.32 Å². The van der Waals surface area contributed by atoms with Crippen molar-refractivity contribution < 1.29 is 14.7 Å². The lowest BCUT2D eigenvalue weighted by Crippen LogP contribution is -2.44. The van der Waals surface area contributed by atoms with Crippen LogP contribution in [0, 0.1) is 13.8 Å². The fraction of sp³-hybridized carbons (Fsp3) is 0.500. The van der Waals surface area contributed by atoms with E-state index in [1.165, 1.54) is 6.08 Å². The van der Waals surface area contributed by atoms with Crippen LogP contribution in [0.25, 0.3) is 6.08 Å². The lowest BCUT2D eigenvalue weighted by Gasteiger charge is -2.23. The summed E-state index contributed by atoms with van der Waals surface area (Å²) in [5.41, 5.74) is 1.93. The van der Waals surface area contributed by atoms with Crippen LogP contribution in [0.3, 0.4) is 0 Å². The van der Waals surface area contributed by atoms with Crippen molar-refractivity contribution >= 4 is 18.0 Å². The molecule has 1 aromatic heterocycles. The normalized spacial score (nSPS) is 11.8. The number of nitrogens with one attached hydrogen (secondary N) is 1. The van der Waals surface area contributed by atoms with Crippen LogP contribution in [0.15, 0.2) is 6.08 Å². The highest BCUT2D eigenvalue weighted by atomic mass is 16.4. The van der Waals surface area contributed by atoms with E-state index in [0.717, 1.165) is 17.0 Å². The van der Waals surface area contributed by atoms with E-state index in [4.69, 9.17) is 5.11 Å². The zero-order chi connectivity index (χ0) is 15.5. The second-order valence-corrected chi connectivity index (χ2v) is 5.49. The molecule has 1 amide bonds. The van der Waals surface area contributed by atoms with Gasteiger partial charge in [-0.25, -0.2) is 0 Å². The van der Waals surface area contributed by atoms with Crippen molar-refractivity contribution in [3.63, 3.8) is 0 Å². The van der Waals surface area contributed by atoms with Crippen LogP contribution in [0.2, 0.25) is 0 Å². The van der Waals surface area contributed by atoms with Gasteiger partial charge in [0.15, 0.2) is 0 Å². The fourth-order valence-corrected chi connectivity index (χ4v) is 1.99. The van der Waals surface area contributed by atoms with Crippen molar-refractivity contribution in [2.45, 2.75) is 39.7 Å². The monoisotopic (exact) mass is 279 g/mol. The molecule has 0 atom stereocenters. The van der Waals surface area contributed by atoms with E-state index in [0.29, 0.717) is 0 Å². The molecule has 0 aliphatic rings. The van der Waals surface area contributed by atoms with Gasteiger partial charge in [0.25, 0.3) is 0 Å². The second-order valence-electron chi connectivity index (χ2n) is 5.49. The van der Waals surface area contributed by atoms with E-state index < -0.39 is 11.5 Å². The molecule has 1 rings (SSSR count). The summed E-state index contributed by atoms with van der Waals surface area (Å²) in [5.74, 6) is -1.27. The van der Waals surface area contributed by atoms with Crippen molar-refractivity contribution in [1.29, 1.82) is 0 Å². The van der Waals surface area contributed by atoms with Crippen LogP contribution in [-0.4, -0.2) is 32.3 Å². The topological polar surface area (TPSA) is 84.2 Å². The lowest BCUT2D eigenvalue weighted by atomic mass is 10.0. The number of carboxylic acids is 1. The number of carboxylic acid groups (broad SMARTS) is 1. The maximum atomic E-state index is 11.8. The number of nitrogens with zero attached hydrogens (tertiary/aromatic N) is 2. The molecule has 1 aromatic rings. The average Bonchev–Trinajstić information content (AvgIpc) is 2.48. The quantitative estimate of drug-likeness (QED) is 0.798. The molecule has 1 heterocycles. The number of carbonyl (C=O) groups excluding carboxylic acids is 1. The zero-order valence-corrected chi connectivity index (χ0v) is 12.5. The molecule has 20 heavy (non-hydrogen) atoms. The molecule has 0 aliphatic carbocycles. The number of aromatic nitrogens is 2. The number of carbonyl (C=O) groups is 2. The Morgan fingerprint density at radius 3 is 2.45 bits per heavy atom. The molecule has 110 valence electrons. The Morgan fingerprint density at radius 1 is 1.40 bits per heavy atom. The summed E-state index contributed by atoms with van der Waals surface area (Å²) in [7, 11) is 1.84. The van der Waals surface area contributed by atoms with Gasteiger partial charge in [0.05, 0.1) is 12.1 Å². The first kappa shape index (κ1) is 15.9. The minimum Gasteiger partial charge on any atom is -0.481 e. The summed E-state index contributed by atoms with van der Waals surface area (Å²) in [6.07, 6.45) is 2.97. The van der Waals surface area contributed by atoms with Crippen molar-refractivity contribution in [3.8, 4) is 0 Å². The van der Waals surface area contributed by atoms with E-state index in [2.05, 4.69) is 10.4 Å². The molecule has 0 unspecified atom stereocenters. The Hall–Kier alpha value is -2.11. The Morgan fingerprint density at radius 2 is 2.00 bits per heavy atom. The summed E-state index contributed by atoms with van der Waals surface area (Å²) in [4.78, 5) is 22.5. The molecule has 0 aromatic carbocycles. The third-order valence-electron chi connectivity index (χ3n) is 3.02. The predicted octanol–water partition coefficient (Wildman–Crippen LogP) is 1.42. The highest BCUT2D eigenvalue weighted by Crippen LogP contribution is 2.14. The van der Waals surface area contributed by atoms with Gasteiger partial charge in [0.1, 0.15) is 0 Å². The molecule has 0 aliphatic heterocycles. The first-order valence-electron chi connectivity index (χ1n) is 6.34. The Balaban J connectivity index is 2.76. The Bertz CT molecular complexity index is 556. The third kappa shape index (κ3) is 4.22. The molecule has 0 bridgehead atoms. The van der Waals surface area contributed by atoms with Gasteiger partial charge < -0.3 is 10.4 Å². The lowest BCUT2D eigenvalue weighted by molar-refractivity contribution is -0.138. The van der Waals surface area contributed by atoms with E-state index in [-0.39, 0.29) is 12.3 Å². The number of amides is 1. The smallest absolute Gasteiger partial charge is 0.305 e. The highest BCUT2D eigenvalue weighted by Gasteiger charge is 2.22. The van der Waals surface area contributed by atoms with Crippen LogP contribution in [-0.2, 0) is 16.6 Å². The second kappa shape index (κ2) is 5.90. The van der Waals surface area contributed by atoms with Crippen LogP contribution in [0.1, 0.15) is 37.2 Å². The Kier molecular flexibility index (Phi) is 4.70. The highest BCUT2D eigenvalue weighted by molar-refractivity contribution is 5.92. The molecule has 0 fully saturated rings. The molecule has 0 spiro atoms. The summed E-state index contributed by atoms with van der Waals surface area (Å²) in [6.45, 7) is 7.14. The van der Waals surface area contributed by atoms with Crippen LogP contribution in [0.4, 0.5) is 0 Å². The Labute approximate surface area is 118 Å². The van der Waals surface area contributed by atoms with Crippen molar-refractivity contribution in [2.75, 3.05) is 0 Å². The fourth-order valence-electron chi connectivity index (χ4n) is 1.99. The first-order valence-corrected chi connectivity index (χ1v) is 6.34. The maximum Gasteiger partial charge on any atom is 0.305 e. The van der Waals surface area contributed by atoms with Crippen LogP contribution in [0.5, 0.6) is 0 Å². The van der Waals surface area contributed by atoms with Gasteiger partial charge in [0, 0.05) is 29.9 Å². The summed E-state index contributed by atoms with van der Waals surface area (Å²) < 4.78 is 1.75. The van der Waals surface area contributed by atoms with Gasteiger partial charge in [-0.15, -0.1) is 0 Å². The molecule has 0 saturated heterocycles. The predicted molar refractivity (Wildman–Crippen MR) is 76.2 cm³/mol. The first-order chi connectivity index (χ1) is 9.12. The maximum absolute atomic E-state index is 11.8. The van der Waals surface area contributed by atoms with Gasteiger partial charge >= 0.3 is 5.97 Å². The summed E-state index contributed by atoms with van der Waals surface area (Å²) in [6, 6.07) is 0. The van der Waals surface area contributed by atoms with Crippen molar-refractivity contribution in [3.05, 3.63) is 23.0 Å². The SMILES string of the molecule is Cc1nn(C)c(C)c1C=CC(=O)NC(C)(C)CC(=O)O. The van der Waals surface area contributed by atoms with Gasteiger partial charge in [-0.2, -0.15) is 5.10 Å². The molecule has 0 saturated carbocycles. The van der Waals surface area contributed by atoms with Crippen molar-refractivity contribution in [1.82, 2.24) is 15.1 Å². The average molecular weight is 279 g/mol. The molecular weight excluding hydrogens is 258 g/mol. The van der Waals surface area contributed by atoms with E-state index in [1.807, 2.05) is 20.9 Å². The minimum atomic E-state index is -0.946. The summed E-state index contributed by atoms with van der Waals surface area (Å²) >= 11 is 0. The molecule has 6 nitrogen and oxygen atoms in total. The van der Waals surface area contributed by atoms with Gasteiger partial charge in [-0.1, -0.05) is 0 Å². The van der Waals surface area contributed by atoms with E-state index >= 15 is 0 Å². The van der Waals surface area contributed by atoms with Crippen molar-refractivity contribution in [2.24, 2.45) is 7.05 Å². The largest absolute Gasteiger partial charge is 0.481 e. The molecule has 2 N–H and O–H groups in total. The molecular formula is C14H21N3O3.